The lowest BCUT2D eigenvalue weighted by Gasteiger charge is -2.31. The molecule has 0 unspecified atom stereocenters. The molecular formula is C20H22ClFN2O. The fourth-order valence-electron chi connectivity index (χ4n) is 3.24. The fraction of sp³-hybridized carbons (Fsp3) is 0.350. The van der Waals surface area contributed by atoms with E-state index < -0.39 is 5.82 Å². The highest BCUT2D eigenvalue weighted by molar-refractivity contribution is 6.31. The van der Waals surface area contributed by atoms with E-state index in [1.165, 1.54) is 29.3 Å². The number of likely N-dealkylation sites (tertiary alicyclic amines) is 1. The van der Waals surface area contributed by atoms with Crippen molar-refractivity contribution in [1.29, 1.82) is 0 Å². The van der Waals surface area contributed by atoms with Crippen LogP contribution in [-0.4, -0.2) is 23.9 Å². The Morgan fingerprint density at radius 2 is 2.00 bits per heavy atom. The van der Waals surface area contributed by atoms with Gasteiger partial charge in [-0.1, -0.05) is 41.4 Å². The first-order chi connectivity index (χ1) is 12.0. The Balaban J connectivity index is 1.51. The van der Waals surface area contributed by atoms with Gasteiger partial charge in [0.1, 0.15) is 5.82 Å². The molecule has 1 aliphatic rings. The first kappa shape index (κ1) is 17.9. The number of halogens is 2. The second kappa shape index (κ2) is 7.98. The maximum Gasteiger partial charge on any atom is 0.227 e. The van der Waals surface area contributed by atoms with Crippen molar-refractivity contribution in [2.75, 3.05) is 18.4 Å². The highest BCUT2D eigenvalue weighted by Crippen LogP contribution is 2.23. The van der Waals surface area contributed by atoms with Gasteiger partial charge in [0.25, 0.3) is 0 Å². The molecule has 1 heterocycles. The highest BCUT2D eigenvalue weighted by Gasteiger charge is 2.25. The Morgan fingerprint density at radius 3 is 2.68 bits per heavy atom. The second-order valence-corrected chi connectivity index (χ2v) is 7.06. The van der Waals surface area contributed by atoms with Crippen LogP contribution >= 0.6 is 11.6 Å². The van der Waals surface area contributed by atoms with E-state index in [-0.39, 0.29) is 16.8 Å². The summed E-state index contributed by atoms with van der Waals surface area (Å²) in [6, 6.07) is 12.8. The predicted octanol–water partition coefficient (Wildman–Crippen LogP) is 4.64. The summed E-state index contributed by atoms with van der Waals surface area (Å²) in [6.07, 6.45) is 1.65. The Bertz CT molecular complexity index is 757. The molecule has 25 heavy (non-hydrogen) atoms. The van der Waals surface area contributed by atoms with E-state index in [4.69, 9.17) is 11.6 Å². The SMILES string of the molecule is Cc1cccc(CN2CCC(C(=O)Nc3ccc(F)c(Cl)c3)CC2)c1. The molecule has 0 aromatic heterocycles. The summed E-state index contributed by atoms with van der Waals surface area (Å²) in [7, 11) is 0. The van der Waals surface area contributed by atoms with Crippen LogP contribution in [0.2, 0.25) is 5.02 Å². The van der Waals surface area contributed by atoms with E-state index in [0.29, 0.717) is 5.69 Å². The lowest BCUT2D eigenvalue weighted by Crippen LogP contribution is -2.37. The van der Waals surface area contributed by atoms with Crippen LogP contribution in [0.1, 0.15) is 24.0 Å². The maximum atomic E-state index is 13.2. The Kier molecular flexibility index (Phi) is 5.71. The van der Waals surface area contributed by atoms with Gasteiger partial charge >= 0.3 is 0 Å². The number of hydrogen-bond donors (Lipinski definition) is 1. The minimum atomic E-state index is -0.482. The van der Waals surface area contributed by atoms with Crippen molar-refractivity contribution in [2.45, 2.75) is 26.3 Å². The molecule has 0 aliphatic carbocycles. The third-order valence-corrected chi connectivity index (χ3v) is 4.92. The molecule has 2 aromatic carbocycles. The van der Waals surface area contributed by atoms with Crippen LogP contribution in [0.25, 0.3) is 0 Å². The number of amides is 1. The normalized spacial score (nSPS) is 16.0. The Morgan fingerprint density at radius 1 is 1.24 bits per heavy atom. The van der Waals surface area contributed by atoms with Crippen molar-refractivity contribution in [3.63, 3.8) is 0 Å². The Hall–Kier alpha value is -1.91. The summed E-state index contributed by atoms with van der Waals surface area (Å²) >= 11 is 5.76. The van der Waals surface area contributed by atoms with Gasteiger partial charge in [-0.3, -0.25) is 9.69 Å². The number of nitrogens with one attached hydrogen (secondary N) is 1. The van der Waals surface area contributed by atoms with E-state index >= 15 is 0 Å². The van der Waals surface area contributed by atoms with Crippen molar-refractivity contribution in [3.8, 4) is 0 Å². The van der Waals surface area contributed by atoms with Crippen LogP contribution in [-0.2, 0) is 11.3 Å². The monoisotopic (exact) mass is 360 g/mol. The molecule has 1 N–H and O–H groups in total. The van der Waals surface area contributed by atoms with Crippen molar-refractivity contribution >= 4 is 23.2 Å². The van der Waals surface area contributed by atoms with Crippen LogP contribution in [0.3, 0.4) is 0 Å². The molecule has 132 valence electrons. The maximum absolute atomic E-state index is 13.2. The zero-order valence-corrected chi connectivity index (χ0v) is 15.0. The average molecular weight is 361 g/mol. The quantitative estimate of drug-likeness (QED) is 0.861. The largest absolute Gasteiger partial charge is 0.326 e. The predicted molar refractivity (Wildman–Crippen MR) is 99.2 cm³/mol. The smallest absolute Gasteiger partial charge is 0.227 e. The van der Waals surface area contributed by atoms with E-state index in [0.717, 1.165) is 32.5 Å². The van der Waals surface area contributed by atoms with Gasteiger partial charge in [-0.05, 0) is 56.6 Å². The van der Waals surface area contributed by atoms with Crippen LogP contribution in [0, 0.1) is 18.7 Å². The van der Waals surface area contributed by atoms with Crippen molar-refractivity contribution in [2.24, 2.45) is 5.92 Å². The molecule has 0 spiro atoms. The van der Waals surface area contributed by atoms with Gasteiger partial charge in [0, 0.05) is 18.2 Å². The van der Waals surface area contributed by atoms with Crippen molar-refractivity contribution < 1.29 is 9.18 Å². The van der Waals surface area contributed by atoms with E-state index in [1.54, 1.807) is 0 Å². The van der Waals surface area contributed by atoms with E-state index in [1.807, 2.05) is 0 Å². The molecule has 0 saturated carbocycles. The molecule has 0 bridgehead atoms. The number of rotatable bonds is 4. The van der Waals surface area contributed by atoms with E-state index in [2.05, 4.69) is 41.4 Å². The molecule has 1 amide bonds. The summed E-state index contributed by atoms with van der Waals surface area (Å²) in [5.74, 6) is -0.514. The molecular weight excluding hydrogens is 339 g/mol. The lowest BCUT2D eigenvalue weighted by molar-refractivity contribution is -0.121. The topological polar surface area (TPSA) is 32.3 Å². The highest BCUT2D eigenvalue weighted by atomic mass is 35.5. The van der Waals surface area contributed by atoms with Crippen molar-refractivity contribution in [1.82, 2.24) is 4.90 Å². The molecule has 3 nitrogen and oxygen atoms in total. The number of benzene rings is 2. The molecule has 0 radical (unpaired) electrons. The number of aryl methyl sites for hydroxylation is 1. The van der Waals surface area contributed by atoms with Gasteiger partial charge in [0.05, 0.1) is 5.02 Å². The van der Waals surface area contributed by atoms with Gasteiger partial charge in [-0.15, -0.1) is 0 Å². The zero-order valence-electron chi connectivity index (χ0n) is 14.3. The van der Waals surface area contributed by atoms with Gasteiger partial charge in [-0.25, -0.2) is 4.39 Å². The molecule has 5 heteroatoms. The van der Waals surface area contributed by atoms with E-state index in [9.17, 15) is 9.18 Å². The fourth-order valence-corrected chi connectivity index (χ4v) is 3.42. The number of carbonyl (C=O) groups excluding carboxylic acids is 1. The van der Waals surface area contributed by atoms with Crippen LogP contribution in [0.15, 0.2) is 42.5 Å². The summed E-state index contributed by atoms with van der Waals surface area (Å²) in [5, 5.41) is 2.86. The number of carbonyl (C=O) groups is 1. The molecule has 1 fully saturated rings. The third-order valence-electron chi connectivity index (χ3n) is 4.63. The molecule has 1 saturated heterocycles. The van der Waals surface area contributed by atoms with Gasteiger partial charge in [0.2, 0.25) is 5.91 Å². The number of piperidine rings is 1. The van der Waals surface area contributed by atoms with Crippen LogP contribution in [0.4, 0.5) is 10.1 Å². The summed E-state index contributed by atoms with van der Waals surface area (Å²) in [5.41, 5.74) is 3.12. The van der Waals surface area contributed by atoms with Crippen molar-refractivity contribution in [3.05, 3.63) is 64.4 Å². The number of hydrogen-bond acceptors (Lipinski definition) is 2. The summed E-state index contributed by atoms with van der Waals surface area (Å²) in [6.45, 7) is 4.82. The minimum Gasteiger partial charge on any atom is -0.326 e. The average Bonchev–Trinajstić information content (AvgIpc) is 2.59. The summed E-state index contributed by atoms with van der Waals surface area (Å²) in [4.78, 5) is 14.8. The van der Waals surface area contributed by atoms with Crippen LogP contribution < -0.4 is 5.32 Å². The molecule has 1 aliphatic heterocycles. The van der Waals surface area contributed by atoms with Gasteiger partial charge in [-0.2, -0.15) is 0 Å². The lowest BCUT2D eigenvalue weighted by atomic mass is 9.95. The number of anilines is 1. The van der Waals surface area contributed by atoms with Gasteiger partial charge in [0.15, 0.2) is 0 Å². The molecule has 2 aromatic rings. The first-order valence-corrected chi connectivity index (χ1v) is 8.93. The molecule has 3 rings (SSSR count). The Labute approximate surface area is 152 Å². The van der Waals surface area contributed by atoms with Gasteiger partial charge < -0.3 is 5.32 Å². The summed E-state index contributed by atoms with van der Waals surface area (Å²) < 4.78 is 13.2. The molecule has 0 atom stereocenters. The zero-order chi connectivity index (χ0) is 17.8. The standard InChI is InChI=1S/C20H22ClFN2O/c1-14-3-2-4-15(11-14)13-24-9-7-16(8-10-24)20(25)23-17-5-6-19(22)18(21)12-17/h2-6,11-12,16H,7-10,13H2,1H3,(H,23,25). The third kappa shape index (κ3) is 4.80. The second-order valence-electron chi connectivity index (χ2n) is 6.66. The minimum absolute atomic E-state index is 0.0159. The first-order valence-electron chi connectivity index (χ1n) is 8.55. The van der Waals surface area contributed by atoms with Crippen LogP contribution in [0.5, 0.6) is 0 Å². The number of nitrogens with zero attached hydrogens (tertiary/aromatic N) is 1.